The van der Waals surface area contributed by atoms with Crippen molar-refractivity contribution in [2.45, 2.75) is 18.9 Å². The molecule has 7 nitrogen and oxygen atoms in total. The maximum atomic E-state index is 12.6. The standard InChI is InChI=1S/C13H18N4O3/c1-15-11(10(7-14-15)13(19)20)12(18)17-6-5-16-4-2-3-9(16)8-17/h7,9H,2-6,8H2,1H3,(H,19,20)/t9-/m1/s1. The van der Waals surface area contributed by atoms with Crippen LogP contribution in [0.15, 0.2) is 6.20 Å². The monoisotopic (exact) mass is 278 g/mol. The number of carboxylic acid groups (broad SMARTS) is 1. The molecule has 0 bridgehead atoms. The maximum absolute atomic E-state index is 12.6. The molecular formula is C13H18N4O3. The first-order valence-electron chi connectivity index (χ1n) is 6.86. The lowest BCUT2D eigenvalue weighted by molar-refractivity contribution is 0.0549. The molecule has 1 aromatic heterocycles. The first kappa shape index (κ1) is 13.1. The molecule has 2 fully saturated rings. The van der Waals surface area contributed by atoms with Gasteiger partial charge in [0.15, 0.2) is 0 Å². The van der Waals surface area contributed by atoms with E-state index >= 15 is 0 Å². The number of aromatic carboxylic acids is 1. The first-order valence-corrected chi connectivity index (χ1v) is 6.86. The number of nitrogens with zero attached hydrogens (tertiary/aromatic N) is 4. The Kier molecular flexibility index (Phi) is 3.21. The summed E-state index contributed by atoms with van der Waals surface area (Å²) in [5.74, 6) is -1.34. The SMILES string of the molecule is Cn1ncc(C(=O)O)c1C(=O)N1CCN2CCC[C@@H]2C1. The smallest absolute Gasteiger partial charge is 0.339 e. The molecule has 1 N–H and O–H groups in total. The van der Waals surface area contributed by atoms with Crippen molar-refractivity contribution in [2.24, 2.45) is 7.05 Å². The van der Waals surface area contributed by atoms with E-state index in [1.165, 1.54) is 17.3 Å². The second kappa shape index (κ2) is 4.90. The molecule has 1 aromatic rings. The van der Waals surface area contributed by atoms with Crippen LogP contribution < -0.4 is 0 Å². The van der Waals surface area contributed by atoms with Gasteiger partial charge in [0, 0.05) is 32.7 Å². The normalized spacial score (nSPS) is 22.9. The van der Waals surface area contributed by atoms with Crippen molar-refractivity contribution in [3.8, 4) is 0 Å². The van der Waals surface area contributed by atoms with Crippen LogP contribution in [0.4, 0.5) is 0 Å². The Balaban J connectivity index is 1.82. The van der Waals surface area contributed by atoms with E-state index in [1.54, 1.807) is 11.9 Å². The van der Waals surface area contributed by atoms with E-state index in [1.807, 2.05) is 0 Å². The quantitative estimate of drug-likeness (QED) is 0.826. The number of aryl methyl sites for hydroxylation is 1. The van der Waals surface area contributed by atoms with Crippen LogP contribution in [-0.2, 0) is 7.05 Å². The second-order valence-electron chi connectivity index (χ2n) is 5.42. The van der Waals surface area contributed by atoms with E-state index in [0.717, 1.165) is 19.5 Å². The van der Waals surface area contributed by atoms with Crippen molar-refractivity contribution in [1.82, 2.24) is 19.6 Å². The number of amides is 1. The first-order chi connectivity index (χ1) is 9.58. The highest BCUT2D eigenvalue weighted by Crippen LogP contribution is 2.23. The largest absolute Gasteiger partial charge is 0.478 e. The molecular weight excluding hydrogens is 260 g/mol. The van der Waals surface area contributed by atoms with Gasteiger partial charge >= 0.3 is 5.97 Å². The summed E-state index contributed by atoms with van der Waals surface area (Å²) < 4.78 is 1.35. The fourth-order valence-electron chi connectivity index (χ4n) is 3.17. The number of hydrogen-bond donors (Lipinski definition) is 1. The lowest BCUT2D eigenvalue weighted by Crippen LogP contribution is -2.52. The number of hydrogen-bond acceptors (Lipinski definition) is 4. The lowest BCUT2D eigenvalue weighted by Gasteiger charge is -2.37. The minimum absolute atomic E-state index is 0.0219. The van der Waals surface area contributed by atoms with Crippen molar-refractivity contribution in [3.63, 3.8) is 0 Å². The zero-order valence-electron chi connectivity index (χ0n) is 11.4. The van der Waals surface area contributed by atoms with Crippen LogP contribution >= 0.6 is 0 Å². The summed E-state index contributed by atoms with van der Waals surface area (Å²) >= 11 is 0. The molecule has 0 saturated carbocycles. The number of aromatic nitrogens is 2. The van der Waals surface area contributed by atoms with Crippen molar-refractivity contribution < 1.29 is 14.7 Å². The molecule has 2 aliphatic rings. The van der Waals surface area contributed by atoms with Crippen LogP contribution in [0.1, 0.15) is 33.7 Å². The number of carboxylic acids is 1. The summed E-state index contributed by atoms with van der Waals surface area (Å²) in [6, 6.07) is 0.425. The van der Waals surface area contributed by atoms with E-state index in [9.17, 15) is 9.59 Å². The molecule has 108 valence electrons. The average molecular weight is 278 g/mol. The van der Waals surface area contributed by atoms with E-state index in [-0.39, 0.29) is 17.2 Å². The summed E-state index contributed by atoms with van der Waals surface area (Å²) in [6.45, 7) is 3.32. The van der Waals surface area contributed by atoms with Crippen molar-refractivity contribution in [3.05, 3.63) is 17.5 Å². The lowest BCUT2D eigenvalue weighted by atomic mass is 10.1. The van der Waals surface area contributed by atoms with Crippen LogP contribution in [0.5, 0.6) is 0 Å². The van der Waals surface area contributed by atoms with E-state index in [2.05, 4.69) is 10.00 Å². The average Bonchev–Trinajstić information content (AvgIpc) is 3.03. The minimum atomic E-state index is -1.11. The number of carbonyl (C=O) groups excluding carboxylic acids is 1. The number of rotatable bonds is 2. The van der Waals surface area contributed by atoms with E-state index in [0.29, 0.717) is 19.1 Å². The molecule has 2 aliphatic heterocycles. The Morgan fingerprint density at radius 3 is 2.90 bits per heavy atom. The summed E-state index contributed by atoms with van der Waals surface area (Å²) in [4.78, 5) is 27.9. The molecule has 0 unspecified atom stereocenters. The summed E-state index contributed by atoms with van der Waals surface area (Å²) in [6.07, 6.45) is 3.53. The van der Waals surface area contributed by atoms with Crippen molar-refractivity contribution in [2.75, 3.05) is 26.2 Å². The zero-order chi connectivity index (χ0) is 14.3. The highest BCUT2D eigenvalue weighted by Gasteiger charge is 2.34. The van der Waals surface area contributed by atoms with E-state index < -0.39 is 5.97 Å². The Hall–Kier alpha value is -1.89. The molecule has 0 aromatic carbocycles. The molecule has 0 aliphatic carbocycles. The molecule has 0 spiro atoms. The summed E-state index contributed by atoms with van der Waals surface area (Å²) in [5.41, 5.74) is 0.148. The van der Waals surface area contributed by atoms with Gasteiger partial charge in [-0.05, 0) is 19.4 Å². The van der Waals surface area contributed by atoms with Gasteiger partial charge in [0.2, 0.25) is 0 Å². The van der Waals surface area contributed by atoms with Gasteiger partial charge in [-0.3, -0.25) is 14.4 Å². The molecule has 3 rings (SSSR count). The molecule has 20 heavy (non-hydrogen) atoms. The zero-order valence-corrected chi connectivity index (χ0v) is 11.4. The highest BCUT2D eigenvalue weighted by atomic mass is 16.4. The topological polar surface area (TPSA) is 78.7 Å². The van der Waals surface area contributed by atoms with Gasteiger partial charge in [0.1, 0.15) is 11.3 Å². The van der Waals surface area contributed by atoms with Crippen LogP contribution in [0.3, 0.4) is 0 Å². The number of fused-ring (bicyclic) bond motifs is 1. The molecule has 7 heteroatoms. The van der Waals surface area contributed by atoms with Crippen molar-refractivity contribution in [1.29, 1.82) is 0 Å². The van der Waals surface area contributed by atoms with Crippen LogP contribution in [0.2, 0.25) is 0 Å². The Bertz CT molecular complexity index is 554. The predicted molar refractivity (Wildman–Crippen MR) is 70.7 cm³/mol. The van der Waals surface area contributed by atoms with Crippen molar-refractivity contribution >= 4 is 11.9 Å². The molecule has 3 heterocycles. The van der Waals surface area contributed by atoms with Gasteiger partial charge in [-0.25, -0.2) is 4.79 Å². The van der Waals surface area contributed by atoms with Gasteiger partial charge in [0.25, 0.3) is 5.91 Å². The minimum Gasteiger partial charge on any atom is -0.478 e. The summed E-state index contributed by atoms with van der Waals surface area (Å²) in [7, 11) is 1.60. The van der Waals surface area contributed by atoms with Crippen LogP contribution in [-0.4, -0.2) is 68.8 Å². The van der Waals surface area contributed by atoms with Crippen LogP contribution in [0, 0.1) is 0 Å². The predicted octanol–water partition coefficient (Wildman–Crippen LogP) is 0.0385. The summed E-state index contributed by atoms with van der Waals surface area (Å²) in [5, 5.41) is 13.0. The van der Waals surface area contributed by atoms with Gasteiger partial charge < -0.3 is 10.0 Å². The third-order valence-electron chi connectivity index (χ3n) is 4.25. The Morgan fingerprint density at radius 1 is 1.35 bits per heavy atom. The van der Waals surface area contributed by atoms with Gasteiger partial charge in [-0.1, -0.05) is 0 Å². The van der Waals surface area contributed by atoms with Crippen LogP contribution in [0.25, 0.3) is 0 Å². The second-order valence-corrected chi connectivity index (χ2v) is 5.42. The molecule has 1 amide bonds. The third-order valence-corrected chi connectivity index (χ3v) is 4.25. The third kappa shape index (κ3) is 2.07. The fourth-order valence-corrected chi connectivity index (χ4v) is 3.17. The highest BCUT2D eigenvalue weighted by molar-refractivity contribution is 6.03. The number of piperazine rings is 1. The Morgan fingerprint density at radius 2 is 2.15 bits per heavy atom. The molecule has 2 saturated heterocycles. The fraction of sp³-hybridized carbons (Fsp3) is 0.615. The van der Waals surface area contributed by atoms with Gasteiger partial charge in [0.05, 0.1) is 6.20 Å². The Labute approximate surface area is 116 Å². The number of carbonyl (C=O) groups is 2. The maximum Gasteiger partial charge on any atom is 0.339 e. The molecule has 0 radical (unpaired) electrons. The van der Waals surface area contributed by atoms with E-state index in [4.69, 9.17) is 5.11 Å². The van der Waals surface area contributed by atoms with Gasteiger partial charge in [-0.15, -0.1) is 0 Å². The van der Waals surface area contributed by atoms with Gasteiger partial charge in [-0.2, -0.15) is 5.10 Å². The molecule has 1 atom stereocenters.